The van der Waals surface area contributed by atoms with Crippen LogP contribution in [0.25, 0.3) is 6.08 Å². The first-order valence-electron chi connectivity index (χ1n) is 12.1. The molecule has 0 aliphatic heterocycles. The summed E-state index contributed by atoms with van der Waals surface area (Å²) < 4.78 is 11.4. The number of amides is 2. The molecule has 0 saturated heterocycles. The van der Waals surface area contributed by atoms with Gasteiger partial charge in [0.1, 0.15) is 11.6 Å². The molecule has 8 heteroatoms. The second kappa shape index (κ2) is 12.8. The van der Waals surface area contributed by atoms with E-state index >= 15 is 0 Å². The Balaban J connectivity index is 1.78. The van der Waals surface area contributed by atoms with Crippen molar-refractivity contribution in [3.8, 4) is 17.6 Å². The highest BCUT2D eigenvalue weighted by atomic mass is 35.5. The number of benzene rings is 3. The number of halogens is 1. The van der Waals surface area contributed by atoms with Crippen LogP contribution in [0, 0.1) is 39.0 Å². The van der Waals surface area contributed by atoms with E-state index in [1.807, 2.05) is 64.1 Å². The molecular weight excluding hydrogens is 502 g/mol. The van der Waals surface area contributed by atoms with E-state index in [9.17, 15) is 14.9 Å². The molecule has 0 bridgehead atoms. The third-order valence-electron chi connectivity index (χ3n) is 6.00. The Bertz CT molecular complexity index is 1440. The number of aryl methyl sites for hydroxylation is 3. The minimum atomic E-state index is -0.543. The normalized spacial score (nSPS) is 10.9. The summed E-state index contributed by atoms with van der Waals surface area (Å²) >= 11 is 6.48. The highest BCUT2D eigenvalue weighted by Gasteiger charge is 2.17. The van der Waals surface area contributed by atoms with E-state index in [2.05, 4.69) is 10.6 Å². The molecule has 0 heterocycles. The molecule has 2 N–H and O–H groups in total. The second-order valence-electron chi connectivity index (χ2n) is 8.77. The Morgan fingerprint density at radius 2 is 1.74 bits per heavy atom. The summed E-state index contributed by atoms with van der Waals surface area (Å²) in [5.41, 5.74) is 5.80. The van der Waals surface area contributed by atoms with Gasteiger partial charge in [-0.1, -0.05) is 29.8 Å². The third-order valence-corrected chi connectivity index (χ3v) is 6.28. The van der Waals surface area contributed by atoms with Crippen molar-refractivity contribution >= 4 is 40.9 Å². The monoisotopic (exact) mass is 531 g/mol. The number of ether oxygens (including phenoxy) is 2. The molecule has 0 spiro atoms. The fourth-order valence-electron chi connectivity index (χ4n) is 3.62. The molecule has 38 heavy (non-hydrogen) atoms. The van der Waals surface area contributed by atoms with E-state index in [0.29, 0.717) is 23.5 Å². The number of rotatable bonds is 9. The average Bonchev–Trinajstić information content (AvgIpc) is 2.87. The van der Waals surface area contributed by atoms with E-state index in [4.69, 9.17) is 21.1 Å². The molecular formula is C30H30ClN3O4. The zero-order chi connectivity index (χ0) is 27.8. The fraction of sp³-hybridized carbons (Fsp3) is 0.233. The quantitative estimate of drug-likeness (QED) is 0.241. The van der Waals surface area contributed by atoms with Gasteiger partial charge in [-0.05, 0) is 98.8 Å². The predicted octanol–water partition coefficient (Wildman–Crippen LogP) is 6.54. The minimum Gasteiger partial charge on any atom is -0.490 e. The van der Waals surface area contributed by atoms with E-state index in [0.717, 1.165) is 22.3 Å². The smallest absolute Gasteiger partial charge is 0.266 e. The highest BCUT2D eigenvalue weighted by Crippen LogP contribution is 2.37. The van der Waals surface area contributed by atoms with Crippen LogP contribution in [-0.4, -0.2) is 25.0 Å². The maximum Gasteiger partial charge on any atom is 0.266 e. The van der Waals surface area contributed by atoms with Crippen LogP contribution in [0.3, 0.4) is 0 Å². The van der Waals surface area contributed by atoms with Crippen LogP contribution in [-0.2, 0) is 9.59 Å². The van der Waals surface area contributed by atoms with Gasteiger partial charge in [0, 0.05) is 11.4 Å². The first-order chi connectivity index (χ1) is 18.1. The van der Waals surface area contributed by atoms with Crippen LogP contribution in [0.15, 0.2) is 54.1 Å². The summed E-state index contributed by atoms with van der Waals surface area (Å²) in [5, 5.41) is 15.4. The zero-order valence-electron chi connectivity index (χ0n) is 22.1. The lowest BCUT2D eigenvalue weighted by Crippen LogP contribution is -2.20. The Morgan fingerprint density at radius 3 is 2.42 bits per heavy atom. The molecule has 3 aromatic carbocycles. The molecule has 0 aliphatic carbocycles. The standard InChI is InChI=1S/C30H30ClN3O4/c1-6-37-27-15-22(13-23(16-32)30(36)34-26-9-7-8-19(3)21(26)5)14-25(31)29(27)38-17-28(35)33-24-11-10-18(2)20(4)12-24/h7-15H,6,17H2,1-5H3,(H,33,35)(H,34,36)/b23-13-. The summed E-state index contributed by atoms with van der Waals surface area (Å²) in [6, 6.07) is 16.3. The lowest BCUT2D eigenvalue weighted by Gasteiger charge is -2.15. The minimum absolute atomic E-state index is 0.106. The lowest BCUT2D eigenvalue weighted by molar-refractivity contribution is -0.118. The molecule has 0 saturated carbocycles. The van der Waals surface area contributed by atoms with Gasteiger partial charge in [0.2, 0.25) is 0 Å². The molecule has 0 unspecified atom stereocenters. The van der Waals surface area contributed by atoms with Crippen LogP contribution in [0.2, 0.25) is 5.02 Å². The largest absolute Gasteiger partial charge is 0.490 e. The molecule has 0 fully saturated rings. The Hall–Kier alpha value is -4.28. The van der Waals surface area contributed by atoms with Crippen molar-refractivity contribution in [1.29, 1.82) is 5.26 Å². The summed E-state index contributed by atoms with van der Waals surface area (Å²) in [6.07, 6.45) is 1.42. The van der Waals surface area contributed by atoms with Crippen LogP contribution in [0.5, 0.6) is 11.5 Å². The van der Waals surface area contributed by atoms with Crippen molar-refractivity contribution in [3.05, 3.63) is 86.9 Å². The van der Waals surface area contributed by atoms with Gasteiger partial charge in [0.15, 0.2) is 18.1 Å². The van der Waals surface area contributed by atoms with Gasteiger partial charge in [0.25, 0.3) is 11.8 Å². The highest BCUT2D eigenvalue weighted by molar-refractivity contribution is 6.32. The Kier molecular flexibility index (Phi) is 9.53. The maximum atomic E-state index is 12.8. The van der Waals surface area contributed by atoms with Crippen molar-refractivity contribution in [1.82, 2.24) is 0 Å². The number of carbonyl (C=O) groups is 2. The first-order valence-corrected chi connectivity index (χ1v) is 12.5. The first kappa shape index (κ1) is 28.3. The number of nitriles is 1. The van der Waals surface area contributed by atoms with Crippen molar-refractivity contribution in [2.75, 3.05) is 23.8 Å². The third kappa shape index (κ3) is 7.15. The summed E-state index contributed by atoms with van der Waals surface area (Å²) in [5.74, 6) is -0.416. The predicted molar refractivity (Wildman–Crippen MR) is 151 cm³/mol. The number of hydrogen-bond donors (Lipinski definition) is 2. The molecule has 0 radical (unpaired) electrons. The second-order valence-corrected chi connectivity index (χ2v) is 9.18. The molecule has 7 nitrogen and oxygen atoms in total. The van der Waals surface area contributed by atoms with E-state index < -0.39 is 5.91 Å². The molecule has 3 rings (SSSR count). The molecule has 3 aromatic rings. The van der Waals surface area contributed by atoms with E-state index in [1.54, 1.807) is 25.1 Å². The van der Waals surface area contributed by atoms with E-state index in [-0.39, 0.29) is 34.6 Å². The van der Waals surface area contributed by atoms with Crippen LogP contribution in [0.1, 0.15) is 34.7 Å². The van der Waals surface area contributed by atoms with Gasteiger partial charge >= 0.3 is 0 Å². The average molecular weight is 532 g/mol. The van der Waals surface area contributed by atoms with E-state index in [1.165, 1.54) is 6.08 Å². The number of carbonyl (C=O) groups excluding carboxylic acids is 2. The zero-order valence-corrected chi connectivity index (χ0v) is 22.8. The topological polar surface area (TPSA) is 100 Å². The van der Waals surface area contributed by atoms with Gasteiger partial charge < -0.3 is 20.1 Å². The SMILES string of the molecule is CCOc1cc(/C=C(/C#N)C(=O)Nc2cccc(C)c2C)cc(Cl)c1OCC(=O)Nc1ccc(C)c(C)c1. The van der Waals surface area contributed by atoms with Crippen molar-refractivity contribution in [2.45, 2.75) is 34.6 Å². The Morgan fingerprint density at radius 1 is 0.974 bits per heavy atom. The summed E-state index contributed by atoms with van der Waals surface area (Å²) in [7, 11) is 0. The molecule has 2 amide bonds. The molecule has 0 atom stereocenters. The van der Waals surface area contributed by atoms with Gasteiger partial charge in [-0.3, -0.25) is 9.59 Å². The van der Waals surface area contributed by atoms with Gasteiger partial charge in [0.05, 0.1) is 11.6 Å². The lowest BCUT2D eigenvalue weighted by atomic mass is 10.1. The maximum absolute atomic E-state index is 12.8. The van der Waals surface area contributed by atoms with Crippen LogP contribution < -0.4 is 20.1 Å². The summed E-state index contributed by atoms with van der Waals surface area (Å²) in [6.45, 7) is 9.63. The number of anilines is 2. The number of nitrogens with zero attached hydrogens (tertiary/aromatic N) is 1. The molecule has 0 aliphatic rings. The Labute approximate surface area is 228 Å². The van der Waals surface area contributed by atoms with Crippen LogP contribution in [0.4, 0.5) is 11.4 Å². The van der Waals surface area contributed by atoms with Crippen LogP contribution >= 0.6 is 11.6 Å². The number of nitrogens with one attached hydrogen (secondary N) is 2. The molecule has 196 valence electrons. The van der Waals surface area contributed by atoms with Crippen molar-refractivity contribution in [3.63, 3.8) is 0 Å². The van der Waals surface area contributed by atoms with Crippen molar-refractivity contribution < 1.29 is 19.1 Å². The van der Waals surface area contributed by atoms with Gasteiger partial charge in [-0.15, -0.1) is 0 Å². The number of hydrogen-bond acceptors (Lipinski definition) is 5. The van der Waals surface area contributed by atoms with Crippen molar-refractivity contribution in [2.24, 2.45) is 0 Å². The molecule has 0 aromatic heterocycles. The summed E-state index contributed by atoms with van der Waals surface area (Å²) in [4.78, 5) is 25.3. The fourth-order valence-corrected chi connectivity index (χ4v) is 3.89. The van der Waals surface area contributed by atoms with Gasteiger partial charge in [-0.25, -0.2) is 0 Å². The van der Waals surface area contributed by atoms with Gasteiger partial charge in [-0.2, -0.15) is 5.26 Å².